The van der Waals surface area contributed by atoms with Crippen LogP contribution in [0.3, 0.4) is 0 Å². The largest absolute Gasteiger partial charge is 0.394 e. The molecule has 7 atom stereocenters. The first-order chi connectivity index (χ1) is 24.3. The van der Waals surface area contributed by atoms with Crippen LogP contribution in [-0.4, -0.2) is 87.5 Å². The van der Waals surface area contributed by atoms with Gasteiger partial charge in [0.2, 0.25) is 5.91 Å². The van der Waals surface area contributed by atoms with Gasteiger partial charge in [0.15, 0.2) is 6.29 Å². The molecule has 1 heterocycles. The Kier molecular flexibility index (Phi) is 28.6. The fraction of sp³-hybridized carbons (Fsp3) is 0.683. The van der Waals surface area contributed by atoms with Gasteiger partial charge in [-0.25, -0.2) is 0 Å². The molecule has 1 aliphatic heterocycles. The fourth-order valence-corrected chi connectivity index (χ4v) is 5.41. The number of unbranched alkanes of at least 4 members (excludes halogenated alkanes) is 9. The third kappa shape index (κ3) is 22.4. The van der Waals surface area contributed by atoms with Crippen molar-refractivity contribution >= 4 is 5.91 Å². The summed E-state index contributed by atoms with van der Waals surface area (Å²) >= 11 is 0. The van der Waals surface area contributed by atoms with Gasteiger partial charge in [-0.15, -0.1) is 0 Å². The third-order valence-electron chi connectivity index (χ3n) is 8.54. The Labute approximate surface area is 302 Å². The number of aliphatic hydroxyl groups is 5. The van der Waals surface area contributed by atoms with Crippen LogP contribution in [-0.2, 0) is 14.3 Å². The lowest BCUT2D eigenvalue weighted by atomic mass is 9.99. The number of hydrogen-bond acceptors (Lipinski definition) is 8. The van der Waals surface area contributed by atoms with Gasteiger partial charge < -0.3 is 40.3 Å². The molecule has 1 rings (SSSR count). The van der Waals surface area contributed by atoms with Gasteiger partial charge in [0, 0.05) is 6.42 Å². The van der Waals surface area contributed by atoms with E-state index >= 15 is 0 Å². The number of allylic oxidation sites excluding steroid dienone is 11. The molecule has 7 unspecified atom stereocenters. The quantitative estimate of drug-likeness (QED) is 0.0375. The van der Waals surface area contributed by atoms with Gasteiger partial charge in [0.1, 0.15) is 24.4 Å². The van der Waals surface area contributed by atoms with Crippen molar-refractivity contribution in [3.8, 4) is 0 Å². The second-order valence-electron chi connectivity index (χ2n) is 13.0. The van der Waals surface area contributed by atoms with Crippen molar-refractivity contribution in [3.05, 3.63) is 72.9 Å². The summed E-state index contributed by atoms with van der Waals surface area (Å²) in [6.45, 7) is 3.52. The van der Waals surface area contributed by atoms with E-state index in [1.54, 1.807) is 6.08 Å². The highest BCUT2D eigenvalue weighted by atomic mass is 16.7. The van der Waals surface area contributed by atoms with Crippen LogP contribution < -0.4 is 5.32 Å². The highest BCUT2D eigenvalue weighted by Crippen LogP contribution is 2.22. The lowest BCUT2D eigenvalue weighted by molar-refractivity contribution is -0.302. The monoisotopic (exact) mass is 704 g/mol. The van der Waals surface area contributed by atoms with Crippen molar-refractivity contribution in [3.63, 3.8) is 0 Å². The predicted molar refractivity (Wildman–Crippen MR) is 202 cm³/mol. The Balaban J connectivity index is 2.34. The second-order valence-corrected chi connectivity index (χ2v) is 13.0. The number of rotatable bonds is 29. The second kappa shape index (κ2) is 31.4. The van der Waals surface area contributed by atoms with Crippen LogP contribution in [0, 0.1) is 0 Å². The van der Waals surface area contributed by atoms with Crippen molar-refractivity contribution < 1.29 is 39.8 Å². The van der Waals surface area contributed by atoms with E-state index in [1.807, 2.05) is 6.08 Å². The maximum atomic E-state index is 12.8. The molecule has 286 valence electrons. The van der Waals surface area contributed by atoms with E-state index in [0.29, 0.717) is 6.42 Å². The Hall–Kier alpha value is -2.37. The van der Waals surface area contributed by atoms with Crippen LogP contribution in [0.4, 0.5) is 0 Å². The maximum absolute atomic E-state index is 12.8. The van der Waals surface area contributed by atoms with E-state index in [1.165, 1.54) is 0 Å². The molecule has 1 aliphatic rings. The van der Waals surface area contributed by atoms with Crippen LogP contribution in [0.25, 0.3) is 0 Å². The third-order valence-corrected chi connectivity index (χ3v) is 8.54. The Morgan fingerprint density at radius 2 is 1.24 bits per heavy atom. The molecule has 50 heavy (non-hydrogen) atoms. The molecule has 0 radical (unpaired) electrons. The zero-order chi connectivity index (χ0) is 36.7. The van der Waals surface area contributed by atoms with Gasteiger partial charge in [0.05, 0.1) is 25.4 Å². The Bertz CT molecular complexity index is 1000. The zero-order valence-electron chi connectivity index (χ0n) is 30.9. The van der Waals surface area contributed by atoms with Gasteiger partial charge in [-0.05, 0) is 64.2 Å². The highest BCUT2D eigenvalue weighted by molar-refractivity contribution is 5.76. The minimum Gasteiger partial charge on any atom is -0.394 e. The fourth-order valence-electron chi connectivity index (χ4n) is 5.41. The summed E-state index contributed by atoms with van der Waals surface area (Å²) in [4.78, 5) is 12.8. The number of nitrogens with one attached hydrogen (secondary N) is 1. The van der Waals surface area contributed by atoms with Crippen molar-refractivity contribution in [2.45, 2.75) is 166 Å². The zero-order valence-corrected chi connectivity index (χ0v) is 30.9. The van der Waals surface area contributed by atoms with E-state index in [9.17, 15) is 30.3 Å². The molecule has 0 aromatic rings. The van der Waals surface area contributed by atoms with Gasteiger partial charge in [-0.2, -0.15) is 0 Å². The van der Waals surface area contributed by atoms with Crippen molar-refractivity contribution in [1.29, 1.82) is 0 Å². The van der Waals surface area contributed by atoms with Gasteiger partial charge in [-0.3, -0.25) is 4.79 Å². The van der Waals surface area contributed by atoms with Crippen LogP contribution in [0.1, 0.15) is 123 Å². The number of carbonyl (C=O) groups is 1. The molecule has 0 spiro atoms. The summed E-state index contributed by atoms with van der Waals surface area (Å²) in [6, 6.07) is -0.815. The minimum atomic E-state index is -1.57. The van der Waals surface area contributed by atoms with Crippen LogP contribution in [0.15, 0.2) is 72.9 Å². The Morgan fingerprint density at radius 3 is 1.84 bits per heavy atom. The summed E-state index contributed by atoms with van der Waals surface area (Å²) in [5.74, 6) is -0.207. The average molecular weight is 704 g/mol. The number of ether oxygens (including phenoxy) is 2. The topological polar surface area (TPSA) is 149 Å². The lowest BCUT2D eigenvalue weighted by Gasteiger charge is -2.40. The van der Waals surface area contributed by atoms with Gasteiger partial charge in [-0.1, -0.05) is 125 Å². The van der Waals surface area contributed by atoms with Crippen LogP contribution >= 0.6 is 0 Å². The normalized spacial score (nSPS) is 23.1. The van der Waals surface area contributed by atoms with Crippen molar-refractivity contribution in [2.24, 2.45) is 0 Å². The van der Waals surface area contributed by atoms with Crippen molar-refractivity contribution in [2.75, 3.05) is 13.2 Å². The summed E-state index contributed by atoms with van der Waals surface area (Å²) in [5, 5.41) is 53.6. The lowest BCUT2D eigenvalue weighted by Crippen LogP contribution is -2.60. The van der Waals surface area contributed by atoms with Crippen LogP contribution in [0.2, 0.25) is 0 Å². The average Bonchev–Trinajstić information content (AvgIpc) is 3.11. The van der Waals surface area contributed by atoms with Crippen LogP contribution in [0.5, 0.6) is 0 Å². The van der Waals surface area contributed by atoms with E-state index < -0.39 is 49.5 Å². The predicted octanol–water partition coefficient (Wildman–Crippen LogP) is 6.66. The number of aliphatic hydroxyl groups excluding tert-OH is 5. The van der Waals surface area contributed by atoms with Gasteiger partial charge in [0.25, 0.3) is 0 Å². The first kappa shape index (κ1) is 45.7. The Morgan fingerprint density at radius 1 is 0.700 bits per heavy atom. The number of hydrogen-bond donors (Lipinski definition) is 6. The molecule has 0 bridgehead atoms. The number of amides is 1. The minimum absolute atomic E-state index is 0.203. The standard InChI is InChI=1S/C41H69NO8/c1-3-5-7-9-11-12-13-14-15-16-17-18-19-20-21-22-23-24-25-27-29-31-37(45)42-34(35(44)30-28-26-10-8-6-4-2)33-49-41-40(48)39(47)38(46)36(32-43)50-41/h5,7,11-12,14-15,17-18,20-21,28,30,34-36,38-41,43-44,46-48H,3-4,6,8-10,13,16,19,22-27,29,31-33H2,1-2H3,(H,42,45)/b7-5-,12-11-,15-14-,18-17-,21-20-,30-28+. The molecule has 0 saturated carbocycles. The van der Waals surface area contributed by atoms with E-state index in [2.05, 4.69) is 79.9 Å². The molecule has 6 N–H and O–H groups in total. The molecular formula is C41H69NO8. The molecule has 0 aromatic carbocycles. The molecule has 9 nitrogen and oxygen atoms in total. The SMILES string of the molecule is CC/C=C\C/C=C\C/C=C\C/C=C\C/C=C\CCCCCCCC(=O)NC(COC1OC(CO)C(O)C(O)C1O)C(O)/C=C/CCCCCC. The molecular weight excluding hydrogens is 634 g/mol. The molecule has 0 aliphatic carbocycles. The summed E-state index contributed by atoms with van der Waals surface area (Å²) in [7, 11) is 0. The smallest absolute Gasteiger partial charge is 0.220 e. The molecule has 1 saturated heterocycles. The molecule has 9 heteroatoms. The van der Waals surface area contributed by atoms with E-state index in [0.717, 1.165) is 103 Å². The van der Waals surface area contributed by atoms with E-state index in [-0.39, 0.29) is 12.5 Å². The van der Waals surface area contributed by atoms with Crippen molar-refractivity contribution in [1.82, 2.24) is 5.32 Å². The number of carbonyl (C=O) groups excluding carboxylic acids is 1. The molecule has 1 fully saturated rings. The molecule has 0 aromatic heterocycles. The molecule has 1 amide bonds. The maximum Gasteiger partial charge on any atom is 0.220 e. The first-order valence-electron chi connectivity index (χ1n) is 19.2. The highest BCUT2D eigenvalue weighted by Gasteiger charge is 2.44. The van der Waals surface area contributed by atoms with Gasteiger partial charge >= 0.3 is 0 Å². The summed E-state index contributed by atoms with van der Waals surface area (Å²) < 4.78 is 11.1. The van der Waals surface area contributed by atoms with E-state index in [4.69, 9.17) is 9.47 Å². The summed E-state index contributed by atoms with van der Waals surface area (Å²) in [5.41, 5.74) is 0. The first-order valence-corrected chi connectivity index (χ1v) is 19.2. The summed E-state index contributed by atoms with van der Waals surface area (Å²) in [6.07, 6.45) is 34.0.